The predicted octanol–water partition coefficient (Wildman–Crippen LogP) is 5.00. The number of hydrogen-bond donors (Lipinski definition) is 4. The first-order chi connectivity index (χ1) is 26.0. The zero-order valence-electron chi connectivity index (χ0n) is 31.0. The number of alkyl carbamates (subject to hydrolysis) is 1. The van der Waals surface area contributed by atoms with E-state index in [0.29, 0.717) is 62.8 Å². The number of amides is 4. The van der Waals surface area contributed by atoms with Gasteiger partial charge in [-0.1, -0.05) is 36.4 Å². The number of carbonyl (C=O) groups excluding carboxylic acids is 4. The average Bonchev–Trinajstić information content (AvgIpc) is 3.72. The second-order valence-electron chi connectivity index (χ2n) is 14.9. The van der Waals surface area contributed by atoms with Crippen LogP contribution in [0, 0.1) is 11.8 Å². The summed E-state index contributed by atoms with van der Waals surface area (Å²) in [5.41, 5.74) is 3.94. The molecule has 4 amide bonds. The fourth-order valence-corrected chi connectivity index (χ4v) is 6.78. The first-order valence-corrected chi connectivity index (χ1v) is 18.5. The van der Waals surface area contributed by atoms with E-state index in [9.17, 15) is 19.2 Å². The van der Waals surface area contributed by atoms with Crippen LogP contribution < -0.4 is 16.0 Å². The van der Waals surface area contributed by atoms with Crippen LogP contribution in [0.4, 0.5) is 10.5 Å². The van der Waals surface area contributed by atoms with E-state index in [-0.39, 0.29) is 36.0 Å². The molecule has 4 N–H and O–H groups in total. The summed E-state index contributed by atoms with van der Waals surface area (Å²) in [5.74, 6) is -0.147. The van der Waals surface area contributed by atoms with Gasteiger partial charge in [0.25, 0.3) is 5.91 Å². The number of hydrogen-bond acceptors (Lipinski definition) is 9. The molecule has 1 saturated heterocycles. The van der Waals surface area contributed by atoms with Gasteiger partial charge in [0.15, 0.2) is 0 Å². The minimum Gasteiger partial charge on any atom is -0.444 e. The van der Waals surface area contributed by atoms with Crippen LogP contribution in [0.1, 0.15) is 62.4 Å². The van der Waals surface area contributed by atoms with Crippen molar-refractivity contribution in [1.29, 1.82) is 0 Å². The molecule has 14 nitrogen and oxygen atoms in total. The number of ether oxygens (including phenoxy) is 2. The van der Waals surface area contributed by atoms with Gasteiger partial charge < -0.3 is 30.3 Å². The Morgan fingerprint density at radius 1 is 0.907 bits per heavy atom. The number of benzene rings is 3. The summed E-state index contributed by atoms with van der Waals surface area (Å²) in [6.45, 7) is 8.13. The maximum Gasteiger partial charge on any atom is 0.407 e. The van der Waals surface area contributed by atoms with E-state index >= 15 is 0 Å². The van der Waals surface area contributed by atoms with Crippen LogP contribution in [0.15, 0.2) is 72.8 Å². The fourth-order valence-electron chi connectivity index (χ4n) is 6.78. The Morgan fingerprint density at radius 2 is 1.61 bits per heavy atom. The number of H-pyrrole nitrogens is 1. The third kappa shape index (κ3) is 10.5. The van der Waals surface area contributed by atoms with E-state index < -0.39 is 17.7 Å². The third-order valence-electron chi connectivity index (χ3n) is 9.65. The predicted molar refractivity (Wildman–Crippen MR) is 202 cm³/mol. The molecule has 1 aromatic heterocycles. The normalized spacial score (nSPS) is 17.9. The Balaban J connectivity index is 1.14. The third-order valence-corrected chi connectivity index (χ3v) is 9.65. The van der Waals surface area contributed by atoms with Crippen LogP contribution >= 0.6 is 0 Å². The first-order valence-electron chi connectivity index (χ1n) is 18.5. The van der Waals surface area contributed by atoms with Crippen LogP contribution in [0.5, 0.6) is 0 Å². The van der Waals surface area contributed by atoms with Crippen molar-refractivity contribution < 1.29 is 28.7 Å². The Labute approximate surface area is 314 Å². The quantitative estimate of drug-likeness (QED) is 0.165. The van der Waals surface area contributed by atoms with Gasteiger partial charge in [0.1, 0.15) is 11.6 Å². The Bertz CT molecular complexity index is 1900. The maximum absolute atomic E-state index is 13.9. The van der Waals surface area contributed by atoms with Gasteiger partial charge in [0.2, 0.25) is 17.6 Å². The van der Waals surface area contributed by atoms with E-state index in [1.165, 1.54) is 0 Å². The number of anilines is 1. The second kappa shape index (κ2) is 17.5. The standard InChI is InChI=1S/C40H48N8O6/c1-40(2,3)54-39(52)41-25-26-10-12-29(13-11-26)36(49)43-34(37(50)42-33-16-14-28(15-17-33)35-44-46-47-45-35)23-27-6-4-7-30(22-27)31-8-5-9-32(24-31)38(51)48-18-20-53-21-19-48/h4-9,14-17,22,24,26,29,34H,10-13,18-21,23,25H2,1-3H3,(H,41,52)(H,42,50)(H,43,49)(H,44,45,46,47)/t26?,29?,34-/m0/s1. The minimum atomic E-state index is -0.870. The summed E-state index contributed by atoms with van der Waals surface area (Å²) < 4.78 is 10.8. The minimum absolute atomic E-state index is 0.0330. The number of nitrogens with zero attached hydrogens (tertiary/aromatic N) is 4. The van der Waals surface area contributed by atoms with Crippen molar-refractivity contribution in [3.05, 3.63) is 83.9 Å². The van der Waals surface area contributed by atoms with Gasteiger partial charge in [0.05, 0.1) is 13.2 Å². The number of rotatable bonds is 11. The lowest BCUT2D eigenvalue weighted by atomic mass is 9.81. The molecule has 0 unspecified atom stereocenters. The average molecular weight is 737 g/mol. The van der Waals surface area contributed by atoms with Crippen molar-refractivity contribution in [2.24, 2.45) is 11.8 Å². The van der Waals surface area contributed by atoms with Crippen LogP contribution in [-0.2, 0) is 25.5 Å². The van der Waals surface area contributed by atoms with Crippen LogP contribution in [0.25, 0.3) is 22.5 Å². The van der Waals surface area contributed by atoms with Crippen molar-refractivity contribution in [2.75, 3.05) is 38.2 Å². The molecule has 6 rings (SSSR count). The SMILES string of the molecule is CC(C)(C)OC(=O)NCC1CCC(C(=O)N[C@@H](Cc2cccc(-c3cccc(C(=O)N4CCOCC4)c3)c2)C(=O)Nc2ccc(-c3nn[nH]n3)cc2)CC1. The topological polar surface area (TPSA) is 181 Å². The van der Waals surface area contributed by atoms with Crippen molar-refractivity contribution >= 4 is 29.5 Å². The number of tetrazole rings is 1. The monoisotopic (exact) mass is 736 g/mol. The van der Waals surface area contributed by atoms with Gasteiger partial charge in [-0.3, -0.25) is 14.4 Å². The van der Waals surface area contributed by atoms with E-state index in [0.717, 1.165) is 35.1 Å². The lowest BCUT2D eigenvalue weighted by Crippen LogP contribution is -2.48. The second-order valence-corrected chi connectivity index (χ2v) is 14.9. The van der Waals surface area contributed by atoms with Gasteiger partial charge in [0, 0.05) is 48.8 Å². The molecule has 2 heterocycles. The number of nitrogens with one attached hydrogen (secondary N) is 4. The highest BCUT2D eigenvalue weighted by molar-refractivity contribution is 5.98. The molecular weight excluding hydrogens is 688 g/mol. The molecule has 14 heteroatoms. The Kier molecular flexibility index (Phi) is 12.3. The van der Waals surface area contributed by atoms with Crippen LogP contribution in [0.3, 0.4) is 0 Å². The summed E-state index contributed by atoms with van der Waals surface area (Å²) in [7, 11) is 0. The molecule has 2 aliphatic rings. The van der Waals surface area contributed by atoms with Crippen molar-refractivity contribution in [3.63, 3.8) is 0 Å². The summed E-state index contributed by atoms with van der Waals surface area (Å²) in [5, 5.41) is 22.9. The molecular formula is C40H48N8O6. The summed E-state index contributed by atoms with van der Waals surface area (Å²) in [6, 6.07) is 21.6. The lowest BCUT2D eigenvalue weighted by molar-refractivity contribution is -0.130. The van der Waals surface area contributed by atoms with E-state index in [2.05, 4.69) is 36.6 Å². The van der Waals surface area contributed by atoms with Gasteiger partial charge in [-0.2, -0.15) is 5.21 Å². The van der Waals surface area contributed by atoms with Gasteiger partial charge >= 0.3 is 6.09 Å². The molecule has 284 valence electrons. The molecule has 0 radical (unpaired) electrons. The summed E-state index contributed by atoms with van der Waals surface area (Å²) in [6.07, 6.45) is 2.63. The lowest BCUT2D eigenvalue weighted by Gasteiger charge is -2.29. The molecule has 4 aromatic rings. The highest BCUT2D eigenvalue weighted by Gasteiger charge is 2.30. The van der Waals surface area contributed by atoms with Crippen LogP contribution in [-0.4, -0.2) is 93.8 Å². The van der Waals surface area contributed by atoms with Crippen molar-refractivity contribution in [2.45, 2.75) is 64.5 Å². The Morgan fingerprint density at radius 3 is 2.30 bits per heavy atom. The molecule has 3 aromatic carbocycles. The largest absolute Gasteiger partial charge is 0.444 e. The molecule has 1 aliphatic carbocycles. The van der Waals surface area contributed by atoms with Gasteiger partial charge in [-0.25, -0.2) is 4.79 Å². The molecule has 0 bridgehead atoms. The summed E-state index contributed by atoms with van der Waals surface area (Å²) >= 11 is 0. The number of aromatic nitrogens is 4. The molecule has 1 aliphatic heterocycles. The molecule has 1 atom stereocenters. The van der Waals surface area contributed by atoms with E-state index in [4.69, 9.17) is 9.47 Å². The highest BCUT2D eigenvalue weighted by atomic mass is 16.6. The first kappa shape index (κ1) is 38.1. The molecule has 1 saturated carbocycles. The van der Waals surface area contributed by atoms with Gasteiger partial charge in [-0.05, 0) is 111 Å². The smallest absolute Gasteiger partial charge is 0.407 e. The highest BCUT2D eigenvalue weighted by Crippen LogP contribution is 2.29. The van der Waals surface area contributed by atoms with Crippen molar-refractivity contribution in [1.82, 2.24) is 36.2 Å². The molecule has 54 heavy (non-hydrogen) atoms. The zero-order chi connectivity index (χ0) is 38.1. The fraction of sp³-hybridized carbons (Fsp3) is 0.425. The number of aromatic amines is 1. The van der Waals surface area contributed by atoms with Gasteiger partial charge in [-0.15, -0.1) is 10.2 Å². The zero-order valence-corrected chi connectivity index (χ0v) is 31.0. The number of carbonyl (C=O) groups is 4. The number of morpholine rings is 1. The molecule has 2 fully saturated rings. The Hall–Kier alpha value is -5.63. The molecule has 0 spiro atoms. The van der Waals surface area contributed by atoms with Crippen molar-refractivity contribution in [3.8, 4) is 22.5 Å². The van der Waals surface area contributed by atoms with E-state index in [1.807, 2.05) is 69.3 Å². The van der Waals surface area contributed by atoms with E-state index in [1.54, 1.807) is 29.2 Å². The maximum atomic E-state index is 13.9. The van der Waals surface area contributed by atoms with Crippen LogP contribution in [0.2, 0.25) is 0 Å². The summed E-state index contributed by atoms with van der Waals surface area (Å²) in [4.78, 5) is 54.8.